The van der Waals surface area contributed by atoms with Crippen molar-refractivity contribution in [1.29, 1.82) is 0 Å². The summed E-state index contributed by atoms with van der Waals surface area (Å²) in [5, 5.41) is 3.62. The number of carbonyl (C=O) groups excluding carboxylic acids is 1. The summed E-state index contributed by atoms with van der Waals surface area (Å²) in [6, 6.07) is 0.782. The van der Waals surface area contributed by atoms with Gasteiger partial charge in [-0.3, -0.25) is 9.69 Å². The first-order valence-corrected chi connectivity index (χ1v) is 7.28. The number of amides is 1. The molecule has 2 aliphatic heterocycles. The second kappa shape index (κ2) is 6.02. The van der Waals surface area contributed by atoms with E-state index in [9.17, 15) is 4.79 Å². The van der Waals surface area contributed by atoms with E-state index in [0.717, 1.165) is 25.0 Å². The summed E-state index contributed by atoms with van der Waals surface area (Å²) in [5.41, 5.74) is 0. The summed E-state index contributed by atoms with van der Waals surface area (Å²) >= 11 is 0. The van der Waals surface area contributed by atoms with Gasteiger partial charge in [0.05, 0.1) is 6.04 Å². The number of nitrogens with one attached hydrogen (secondary N) is 1. The van der Waals surface area contributed by atoms with E-state index >= 15 is 0 Å². The van der Waals surface area contributed by atoms with Gasteiger partial charge in [0.25, 0.3) is 0 Å². The molecule has 0 aromatic carbocycles. The maximum Gasteiger partial charge on any atom is 0.239 e. The summed E-state index contributed by atoms with van der Waals surface area (Å²) < 4.78 is 0. The van der Waals surface area contributed by atoms with Crippen molar-refractivity contribution in [2.75, 3.05) is 33.7 Å². The first-order chi connectivity index (χ1) is 8.59. The number of likely N-dealkylation sites (tertiary alicyclic amines) is 1. The van der Waals surface area contributed by atoms with E-state index in [0.29, 0.717) is 0 Å². The molecular formula is C14H27N3O. The van der Waals surface area contributed by atoms with Crippen LogP contribution in [0.4, 0.5) is 0 Å². The molecule has 0 aliphatic carbocycles. The summed E-state index contributed by atoms with van der Waals surface area (Å²) in [4.78, 5) is 16.0. The van der Waals surface area contributed by atoms with Gasteiger partial charge in [0, 0.05) is 20.1 Å². The van der Waals surface area contributed by atoms with Crippen molar-refractivity contribution in [3.63, 3.8) is 0 Å². The Morgan fingerprint density at radius 2 is 1.94 bits per heavy atom. The fourth-order valence-electron chi connectivity index (χ4n) is 3.35. The lowest BCUT2D eigenvalue weighted by atomic mass is 9.88. The molecular weight excluding hydrogens is 226 g/mol. The highest BCUT2D eigenvalue weighted by molar-refractivity contribution is 5.80. The second-order valence-electron chi connectivity index (χ2n) is 5.98. The van der Waals surface area contributed by atoms with Gasteiger partial charge >= 0.3 is 0 Å². The maximum absolute atomic E-state index is 12.0. The van der Waals surface area contributed by atoms with Crippen molar-refractivity contribution < 1.29 is 4.79 Å². The summed E-state index contributed by atoms with van der Waals surface area (Å²) in [7, 11) is 3.68. The Labute approximate surface area is 111 Å². The lowest BCUT2D eigenvalue weighted by Crippen LogP contribution is -2.49. The van der Waals surface area contributed by atoms with Crippen LogP contribution in [0.3, 0.4) is 0 Å². The molecule has 0 spiro atoms. The minimum absolute atomic E-state index is 0.0393. The molecule has 104 valence electrons. The largest absolute Gasteiger partial charge is 0.347 e. The molecule has 0 saturated carbocycles. The standard InChI is InChI=1S/C14H27N3O/c1-11(14(18)16(2)3)17-9-6-12(7-10-17)13-5-4-8-15-13/h11-13,15H,4-10H2,1-3H3. The third-order valence-electron chi connectivity index (χ3n) is 4.59. The van der Waals surface area contributed by atoms with Gasteiger partial charge in [0.2, 0.25) is 5.91 Å². The lowest BCUT2D eigenvalue weighted by Gasteiger charge is -2.38. The summed E-state index contributed by atoms with van der Waals surface area (Å²) in [6.07, 6.45) is 5.16. The molecule has 0 bridgehead atoms. The van der Waals surface area contributed by atoms with Crippen molar-refractivity contribution in [3.8, 4) is 0 Å². The van der Waals surface area contributed by atoms with E-state index in [2.05, 4.69) is 10.2 Å². The monoisotopic (exact) mass is 253 g/mol. The smallest absolute Gasteiger partial charge is 0.239 e. The van der Waals surface area contributed by atoms with Crippen molar-refractivity contribution >= 4 is 5.91 Å². The normalized spacial score (nSPS) is 28.3. The zero-order valence-electron chi connectivity index (χ0n) is 12.0. The molecule has 2 fully saturated rings. The average Bonchev–Trinajstić information content (AvgIpc) is 2.91. The SMILES string of the molecule is CC(C(=O)N(C)C)N1CCC(C2CCCN2)CC1. The predicted molar refractivity (Wildman–Crippen MR) is 73.5 cm³/mol. The van der Waals surface area contributed by atoms with Crippen molar-refractivity contribution in [1.82, 2.24) is 15.1 Å². The van der Waals surface area contributed by atoms with Crippen molar-refractivity contribution in [2.45, 2.75) is 44.7 Å². The molecule has 2 atom stereocenters. The number of piperidine rings is 1. The molecule has 2 aliphatic rings. The number of carbonyl (C=O) groups is 1. The average molecular weight is 253 g/mol. The van der Waals surface area contributed by atoms with Gasteiger partial charge in [0.1, 0.15) is 0 Å². The Kier molecular flexibility index (Phi) is 4.62. The molecule has 2 rings (SSSR count). The fraction of sp³-hybridized carbons (Fsp3) is 0.929. The Hall–Kier alpha value is -0.610. The summed E-state index contributed by atoms with van der Waals surface area (Å²) in [5.74, 6) is 1.05. The number of rotatable bonds is 3. The van der Waals surface area contributed by atoms with Crippen LogP contribution in [-0.2, 0) is 4.79 Å². The van der Waals surface area contributed by atoms with Gasteiger partial charge in [0.15, 0.2) is 0 Å². The van der Waals surface area contributed by atoms with E-state index < -0.39 is 0 Å². The highest BCUT2D eigenvalue weighted by atomic mass is 16.2. The Morgan fingerprint density at radius 1 is 1.28 bits per heavy atom. The van der Waals surface area contributed by atoms with E-state index in [1.54, 1.807) is 4.90 Å². The molecule has 0 radical (unpaired) electrons. The molecule has 4 heteroatoms. The minimum atomic E-state index is 0.0393. The first kappa shape index (κ1) is 13.8. The maximum atomic E-state index is 12.0. The van der Waals surface area contributed by atoms with Gasteiger partial charge in [-0.25, -0.2) is 0 Å². The fourth-order valence-corrected chi connectivity index (χ4v) is 3.35. The van der Waals surface area contributed by atoms with Crippen LogP contribution in [0.1, 0.15) is 32.6 Å². The molecule has 1 amide bonds. The highest BCUT2D eigenvalue weighted by Gasteiger charge is 2.31. The molecule has 2 heterocycles. The van der Waals surface area contributed by atoms with Crippen molar-refractivity contribution in [3.05, 3.63) is 0 Å². The van der Waals surface area contributed by atoms with Crippen LogP contribution in [-0.4, -0.2) is 61.5 Å². The Balaban J connectivity index is 1.80. The van der Waals surface area contributed by atoms with Gasteiger partial charge < -0.3 is 10.2 Å². The number of hydrogen-bond donors (Lipinski definition) is 1. The third-order valence-corrected chi connectivity index (χ3v) is 4.59. The van der Waals surface area contributed by atoms with Gasteiger partial charge in [-0.2, -0.15) is 0 Å². The van der Waals surface area contributed by atoms with Crippen LogP contribution in [0.25, 0.3) is 0 Å². The zero-order chi connectivity index (χ0) is 13.1. The van der Waals surface area contributed by atoms with Crippen molar-refractivity contribution in [2.24, 2.45) is 5.92 Å². The van der Waals surface area contributed by atoms with Gasteiger partial charge in [-0.15, -0.1) is 0 Å². The van der Waals surface area contributed by atoms with E-state index in [4.69, 9.17) is 0 Å². The molecule has 2 saturated heterocycles. The first-order valence-electron chi connectivity index (χ1n) is 7.28. The quantitative estimate of drug-likeness (QED) is 0.812. The van der Waals surface area contributed by atoms with Crippen LogP contribution < -0.4 is 5.32 Å². The summed E-state index contributed by atoms with van der Waals surface area (Å²) in [6.45, 7) is 5.38. The van der Waals surface area contributed by atoms with Gasteiger partial charge in [-0.1, -0.05) is 0 Å². The van der Waals surface area contributed by atoms with Crippen LogP contribution in [0.5, 0.6) is 0 Å². The molecule has 0 aromatic rings. The van der Waals surface area contributed by atoms with E-state index in [-0.39, 0.29) is 11.9 Å². The topological polar surface area (TPSA) is 35.6 Å². The lowest BCUT2D eigenvalue weighted by molar-refractivity contribution is -0.134. The van der Waals surface area contributed by atoms with Crippen LogP contribution >= 0.6 is 0 Å². The number of nitrogens with zero attached hydrogens (tertiary/aromatic N) is 2. The predicted octanol–water partition coefficient (Wildman–Crippen LogP) is 0.927. The number of likely N-dealkylation sites (N-methyl/N-ethyl adjacent to an activating group) is 1. The molecule has 18 heavy (non-hydrogen) atoms. The van der Waals surface area contributed by atoms with E-state index in [1.165, 1.54) is 32.2 Å². The molecule has 1 N–H and O–H groups in total. The zero-order valence-corrected chi connectivity index (χ0v) is 12.0. The Bertz CT molecular complexity index is 279. The Morgan fingerprint density at radius 3 is 2.44 bits per heavy atom. The number of hydrogen-bond acceptors (Lipinski definition) is 3. The minimum Gasteiger partial charge on any atom is -0.347 e. The van der Waals surface area contributed by atoms with Crippen LogP contribution in [0, 0.1) is 5.92 Å². The third kappa shape index (κ3) is 3.04. The second-order valence-corrected chi connectivity index (χ2v) is 5.98. The van der Waals surface area contributed by atoms with E-state index in [1.807, 2.05) is 21.0 Å². The molecule has 0 aromatic heterocycles. The van der Waals surface area contributed by atoms with Gasteiger partial charge in [-0.05, 0) is 58.2 Å². The molecule has 2 unspecified atom stereocenters. The van der Waals surface area contributed by atoms with Crippen LogP contribution in [0.2, 0.25) is 0 Å². The van der Waals surface area contributed by atoms with Crippen LogP contribution in [0.15, 0.2) is 0 Å². The molecule has 4 nitrogen and oxygen atoms in total. The highest BCUT2D eigenvalue weighted by Crippen LogP contribution is 2.26.